The highest BCUT2D eigenvalue weighted by atomic mass is 16.6. The second kappa shape index (κ2) is 4.38. The first-order chi connectivity index (χ1) is 9.13. The predicted molar refractivity (Wildman–Crippen MR) is 62.7 cm³/mol. The van der Waals surface area contributed by atoms with E-state index in [4.69, 9.17) is 15.6 Å². The largest absolute Gasteiger partial charge is 0.394 e. The zero-order valence-corrected chi connectivity index (χ0v) is 9.79. The van der Waals surface area contributed by atoms with Gasteiger partial charge in [0.1, 0.15) is 30.2 Å². The summed E-state index contributed by atoms with van der Waals surface area (Å²) in [5, 5.41) is 28.7. The summed E-state index contributed by atoms with van der Waals surface area (Å²) in [7, 11) is 0. The number of nitrogen functional groups attached to an aromatic ring is 1. The van der Waals surface area contributed by atoms with Crippen molar-refractivity contribution in [3.05, 3.63) is 12.7 Å². The Bertz CT molecular complexity index is 603. The van der Waals surface area contributed by atoms with Crippen LogP contribution in [0.15, 0.2) is 12.7 Å². The lowest BCUT2D eigenvalue weighted by Gasteiger charge is -2.16. The van der Waals surface area contributed by atoms with Gasteiger partial charge in [-0.25, -0.2) is 15.0 Å². The first kappa shape index (κ1) is 12.2. The maximum absolute atomic E-state index is 9.95. The van der Waals surface area contributed by atoms with Gasteiger partial charge in [-0.15, -0.1) is 0 Å². The Hall–Kier alpha value is -1.81. The smallest absolute Gasteiger partial charge is 0.167 e. The summed E-state index contributed by atoms with van der Waals surface area (Å²) in [6.45, 7) is -0.390. The van der Waals surface area contributed by atoms with Crippen LogP contribution in [-0.4, -0.2) is 59.8 Å². The van der Waals surface area contributed by atoms with Crippen molar-refractivity contribution in [1.82, 2.24) is 19.5 Å². The molecule has 102 valence electrons. The van der Waals surface area contributed by atoms with Gasteiger partial charge in [-0.3, -0.25) is 4.57 Å². The lowest BCUT2D eigenvalue weighted by molar-refractivity contribution is -0.0511. The maximum atomic E-state index is 9.95. The predicted octanol–water partition coefficient (Wildman–Crippen LogP) is -1.98. The molecule has 0 bridgehead atoms. The zero-order chi connectivity index (χ0) is 13.6. The number of nitrogens with two attached hydrogens (primary N) is 1. The number of anilines is 1. The number of fused-ring (bicyclic) bond motifs is 1. The van der Waals surface area contributed by atoms with Gasteiger partial charge in [0.05, 0.1) is 12.9 Å². The van der Waals surface area contributed by atoms with Crippen molar-refractivity contribution in [2.75, 3.05) is 12.3 Å². The van der Waals surface area contributed by atoms with Crippen LogP contribution in [0.25, 0.3) is 11.2 Å². The van der Waals surface area contributed by atoms with Gasteiger partial charge in [0.2, 0.25) is 0 Å². The number of hydrogen-bond donors (Lipinski definition) is 4. The van der Waals surface area contributed by atoms with E-state index in [9.17, 15) is 10.2 Å². The molecule has 3 heterocycles. The van der Waals surface area contributed by atoms with Crippen LogP contribution in [0.5, 0.6) is 0 Å². The molecule has 1 aliphatic heterocycles. The molecule has 4 atom stereocenters. The number of aromatic nitrogens is 4. The van der Waals surface area contributed by atoms with E-state index in [0.29, 0.717) is 11.2 Å². The third-order valence-electron chi connectivity index (χ3n) is 3.18. The van der Waals surface area contributed by atoms with Crippen molar-refractivity contribution >= 4 is 17.0 Å². The fourth-order valence-corrected chi connectivity index (χ4v) is 2.17. The summed E-state index contributed by atoms with van der Waals surface area (Å²) in [5.41, 5.74) is 6.44. The Balaban J connectivity index is 2.04. The standard InChI is InChI=1S/C10H13N5O4/c11-8-5-9(13-2-12-8)15(3-14-5)10-7(18)6(17)4(1-16)19-10/h2-4,6-7,10,16-18H,1H2,(H2,11,12,13)/t4-,6?,7-,10?/m1/s1. The minimum atomic E-state index is -1.19. The van der Waals surface area contributed by atoms with Crippen molar-refractivity contribution in [3.8, 4) is 0 Å². The second-order valence-electron chi connectivity index (χ2n) is 4.31. The van der Waals surface area contributed by atoms with Crippen LogP contribution in [0.3, 0.4) is 0 Å². The minimum absolute atomic E-state index is 0.218. The number of imidazole rings is 1. The van der Waals surface area contributed by atoms with E-state index < -0.39 is 31.1 Å². The molecule has 2 aromatic heterocycles. The number of ether oxygens (including phenoxy) is 1. The summed E-state index contributed by atoms with van der Waals surface area (Å²) in [5.74, 6) is 0.218. The topological polar surface area (TPSA) is 140 Å². The van der Waals surface area contributed by atoms with Gasteiger partial charge in [0, 0.05) is 0 Å². The number of rotatable bonds is 2. The highest BCUT2D eigenvalue weighted by Gasteiger charge is 2.43. The van der Waals surface area contributed by atoms with Gasteiger partial charge < -0.3 is 25.8 Å². The molecule has 1 fully saturated rings. The third-order valence-corrected chi connectivity index (χ3v) is 3.18. The molecule has 1 aliphatic rings. The molecule has 0 aromatic carbocycles. The Morgan fingerprint density at radius 1 is 1.26 bits per heavy atom. The van der Waals surface area contributed by atoms with Gasteiger partial charge in [0.25, 0.3) is 0 Å². The molecule has 5 N–H and O–H groups in total. The van der Waals surface area contributed by atoms with Gasteiger partial charge in [0.15, 0.2) is 17.7 Å². The molecule has 0 spiro atoms. The molecule has 2 unspecified atom stereocenters. The zero-order valence-electron chi connectivity index (χ0n) is 9.79. The van der Waals surface area contributed by atoms with E-state index >= 15 is 0 Å². The molecule has 9 nitrogen and oxygen atoms in total. The van der Waals surface area contributed by atoms with Crippen LogP contribution >= 0.6 is 0 Å². The van der Waals surface area contributed by atoms with Crippen LogP contribution in [0.4, 0.5) is 5.82 Å². The normalized spacial score (nSPS) is 31.1. The SMILES string of the molecule is Nc1ncnc2c1ncn2C1O[C@H](CO)C(O)[C@H]1O. The van der Waals surface area contributed by atoms with E-state index in [2.05, 4.69) is 15.0 Å². The van der Waals surface area contributed by atoms with Crippen molar-refractivity contribution in [2.45, 2.75) is 24.5 Å². The number of aliphatic hydroxyl groups is 3. The third kappa shape index (κ3) is 1.75. The van der Waals surface area contributed by atoms with E-state index in [1.54, 1.807) is 0 Å². The average Bonchev–Trinajstić information content (AvgIpc) is 2.94. The molecular formula is C10H13N5O4. The van der Waals surface area contributed by atoms with Crippen LogP contribution < -0.4 is 5.73 Å². The monoisotopic (exact) mass is 267 g/mol. The second-order valence-corrected chi connectivity index (χ2v) is 4.31. The average molecular weight is 267 g/mol. The van der Waals surface area contributed by atoms with Crippen LogP contribution in [0.1, 0.15) is 6.23 Å². The Morgan fingerprint density at radius 3 is 2.74 bits per heavy atom. The highest BCUT2D eigenvalue weighted by Crippen LogP contribution is 2.31. The van der Waals surface area contributed by atoms with Gasteiger partial charge in [-0.2, -0.15) is 0 Å². The Labute approximate surface area is 107 Å². The molecule has 0 aliphatic carbocycles. The van der Waals surface area contributed by atoms with Crippen LogP contribution in [-0.2, 0) is 4.74 Å². The number of hydrogen-bond acceptors (Lipinski definition) is 8. The molecule has 3 rings (SSSR count). The number of aliphatic hydroxyl groups excluding tert-OH is 3. The van der Waals surface area contributed by atoms with E-state index in [0.717, 1.165) is 0 Å². The van der Waals surface area contributed by atoms with Crippen molar-refractivity contribution < 1.29 is 20.1 Å². The van der Waals surface area contributed by atoms with Crippen molar-refractivity contribution in [3.63, 3.8) is 0 Å². The Kier molecular flexibility index (Phi) is 2.82. The highest BCUT2D eigenvalue weighted by molar-refractivity contribution is 5.81. The first-order valence-corrected chi connectivity index (χ1v) is 5.69. The summed E-state index contributed by atoms with van der Waals surface area (Å²) < 4.78 is 6.85. The van der Waals surface area contributed by atoms with Gasteiger partial charge in [-0.05, 0) is 0 Å². The van der Waals surface area contributed by atoms with Gasteiger partial charge >= 0.3 is 0 Å². The fourth-order valence-electron chi connectivity index (χ4n) is 2.17. The van der Waals surface area contributed by atoms with Gasteiger partial charge in [-0.1, -0.05) is 0 Å². The fraction of sp³-hybridized carbons (Fsp3) is 0.500. The molecule has 0 amide bonds. The molecule has 19 heavy (non-hydrogen) atoms. The minimum Gasteiger partial charge on any atom is -0.394 e. The molecule has 9 heteroatoms. The lowest BCUT2D eigenvalue weighted by Crippen LogP contribution is -2.33. The molecule has 0 radical (unpaired) electrons. The van der Waals surface area contributed by atoms with Crippen LogP contribution in [0.2, 0.25) is 0 Å². The Morgan fingerprint density at radius 2 is 2.05 bits per heavy atom. The summed E-state index contributed by atoms with van der Waals surface area (Å²) in [6.07, 6.45) is -1.42. The van der Waals surface area contributed by atoms with Crippen molar-refractivity contribution in [2.24, 2.45) is 0 Å². The van der Waals surface area contributed by atoms with Crippen LogP contribution in [0, 0.1) is 0 Å². The van der Waals surface area contributed by atoms with Crippen molar-refractivity contribution in [1.29, 1.82) is 0 Å². The molecular weight excluding hydrogens is 254 g/mol. The molecule has 0 saturated carbocycles. The maximum Gasteiger partial charge on any atom is 0.167 e. The molecule has 2 aromatic rings. The summed E-state index contributed by atoms with van der Waals surface area (Å²) >= 11 is 0. The lowest BCUT2D eigenvalue weighted by atomic mass is 10.1. The number of nitrogens with zero attached hydrogens (tertiary/aromatic N) is 4. The van der Waals surface area contributed by atoms with E-state index in [1.165, 1.54) is 17.2 Å². The van der Waals surface area contributed by atoms with E-state index in [1.807, 2.05) is 0 Å². The summed E-state index contributed by atoms with van der Waals surface area (Å²) in [4.78, 5) is 11.9. The first-order valence-electron chi connectivity index (χ1n) is 5.69. The summed E-state index contributed by atoms with van der Waals surface area (Å²) in [6, 6.07) is 0. The molecule has 1 saturated heterocycles. The van der Waals surface area contributed by atoms with E-state index in [-0.39, 0.29) is 5.82 Å². The quantitative estimate of drug-likeness (QED) is 0.491.